The van der Waals surface area contributed by atoms with Crippen LogP contribution in [0, 0.1) is 33.5 Å². The molecule has 172 valence electrons. The first-order chi connectivity index (χ1) is 15.1. The van der Waals surface area contributed by atoms with Gasteiger partial charge in [0, 0.05) is 29.7 Å². The average molecular weight is 439 g/mol. The van der Waals surface area contributed by atoms with E-state index in [0.717, 1.165) is 37.7 Å². The number of carbonyl (C=O) groups excluding carboxylic acids is 2. The van der Waals surface area contributed by atoms with Crippen LogP contribution in [-0.2, 0) is 23.8 Å². The van der Waals surface area contributed by atoms with Crippen molar-refractivity contribution in [3.05, 3.63) is 24.0 Å². The molecular weight excluding hydrogens is 404 g/mol. The minimum absolute atomic E-state index is 0.0645. The summed E-state index contributed by atoms with van der Waals surface area (Å²) in [4.78, 5) is 24.4. The Balaban J connectivity index is 1.70. The molecule has 5 atom stereocenters. The molecule has 5 heteroatoms. The Morgan fingerprint density at radius 1 is 1.16 bits per heavy atom. The van der Waals surface area contributed by atoms with E-state index in [4.69, 9.17) is 14.2 Å². The number of rotatable bonds is 3. The third kappa shape index (κ3) is 2.59. The van der Waals surface area contributed by atoms with Gasteiger partial charge in [0.2, 0.25) is 0 Å². The second-order valence-corrected chi connectivity index (χ2v) is 11.4. The Kier molecular flexibility index (Phi) is 4.65. The van der Waals surface area contributed by atoms with Gasteiger partial charge in [0.1, 0.15) is 18.3 Å². The minimum Gasteiger partial charge on any atom is -0.493 e. The quantitative estimate of drug-likeness (QED) is 0.465. The summed E-state index contributed by atoms with van der Waals surface area (Å²) in [6.07, 6.45) is 11.6. The van der Waals surface area contributed by atoms with Crippen LogP contribution in [0.25, 0.3) is 0 Å². The zero-order valence-corrected chi connectivity index (χ0v) is 19.7. The molecule has 0 saturated heterocycles. The summed E-state index contributed by atoms with van der Waals surface area (Å²) < 4.78 is 18.2. The van der Waals surface area contributed by atoms with Gasteiger partial charge < -0.3 is 14.2 Å². The zero-order valence-electron chi connectivity index (χ0n) is 19.7. The second kappa shape index (κ2) is 6.89. The molecule has 0 aromatic rings. The molecule has 2 aliphatic carbocycles. The highest BCUT2D eigenvalue weighted by atomic mass is 16.5. The fraction of sp³-hybridized carbons (Fsp3) is 0.704. The largest absolute Gasteiger partial charge is 0.493 e. The van der Waals surface area contributed by atoms with Crippen molar-refractivity contribution in [2.75, 3.05) is 6.61 Å². The molecule has 4 bridgehead atoms. The first-order valence-electron chi connectivity index (χ1n) is 12.0. The number of hydrogen-bond donors (Lipinski definition) is 0. The summed E-state index contributed by atoms with van der Waals surface area (Å²) in [5.41, 5.74) is -0.710. The minimum atomic E-state index is -0.556. The van der Waals surface area contributed by atoms with E-state index in [1.165, 1.54) is 0 Å². The summed E-state index contributed by atoms with van der Waals surface area (Å²) in [5.74, 6) is 6.49. The van der Waals surface area contributed by atoms with Gasteiger partial charge in [-0.25, -0.2) is 4.79 Å². The molecular formula is C27H34O5. The number of ether oxygens (including phenoxy) is 3. The topological polar surface area (TPSA) is 61.8 Å². The predicted molar refractivity (Wildman–Crippen MR) is 119 cm³/mol. The molecule has 0 N–H and O–H groups in total. The molecule has 5 nitrogen and oxygen atoms in total. The van der Waals surface area contributed by atoms with Gasteiger partial charge >= 0.3 is 11.9 Å². The third-order valence-corrected chi connectivity index (χ3v) is 9.61. The standard InChI is InChI=1S/C27H34O5/c1-23(2)10-7-12-25(4)26(23)14-15-31-27(25,13-9-19-16-22(29)30-18-19)24(3)11-6-5-8-21(28)32-20(26)17-24/h14-16,20H,5,7-10,12-13,17-18H2,1-4H3/t20-,24+,25+,26+,27-/m1/s1. The van der Waals surface area contributed by atoms with Crippen molar-refractivity contribution >= 4 is 11.9 Å². The first kappa shape index (κ1) is 21.6. The molecule has 2 saturated carbocycles. The second-order valence-electron chi connectivity index (χ2n) is 11.4. The Bertz CT molecular complexity index is 980. The van der Waals surface area contributed by atoms with Crippen LogP contribution >= 0.6 is 0 Å². The van der Waals surface area contributed by atoms with E-state index in [-0.39, 0.29) is 34.3 Å². The molecule has 0 aromatic heterocycles. The van der Waals surface area contributed by atoms with Crippen molar-refractivity contribution in [3.8, 4) is 11.8 Å². The Morgan fingerprint density at radius 3 is 2.72 bits per heavy atom. The molecule has 0 radical (unpaired) electrons. The Morgan fingerprint density at radius 2 is 1.97 bits per heavy atom. The summed E-state index contributed by atoms with van der Waals surface area (Å²) in [6.45, 7) is 9.56. The molecule has 32 heavy (non-hydrogen) atoms. The van der Waals surface area contributed by atoms with Gasteiger partial charge in [0.25, 0.3) is 0 Å². The third-order valence-electron chi connectivity index (χ3n) is 9.61. The van der Waals surface area contributed by atoms with Gasteiger partial charge in [0.15, 0.2) is 0 Å². The van der Waals surface area contributed by atoms with E-state index in [2.05, 4.69) is 45.6 Å². The number of carbonyl (C=O) groups is 2. The summed E-state index contributed by atoms with van der Waals surface area (Å²) in [6, 6.07) is 0. The van der Waals surface area contributed by atoms with Gasteiger partial charge in [-0.1, -0.05) is 33.1 Å². The molecule has 5 rings (SSSR count). The molecule has 0 spiro atoms. The zero-order chi connectivity index (χ0) is 22.8. The molecule has 3 aliphatic heterocycles. The van der Waals surface area contributed by atoms with E-state index < -0.39 is 11.0 Å². The lowest BCUT2D eigenvalue weighted by Crippen LogP contribution is -2.77. The Labute approximate surface area is 190 Å². The van der Waals surface area contributed by atoms with Crippen molar-refractivity contribution in [1.82, 2.24) is 0 Å². The molecule has 0 amide bonds. The fourth-order valence-corrected chi connectivity index (χ4v) is 8.14. The van der Waals surface area contributed by atoms with Gasteiger partial charge in [-0.15, -0.1) is 5.92 Å². The van der Waals surface area contributed by atoms with E-state index in [1.807, 2.05) is 6.26 Å². The van der Waals surface area contributed by atoms with Crippen LogP contribution in [0.3, 0.4) is 0 Å². The van der Waals surface area contributed by atoms with E-state index in [1.54, 1.807) is 6.08 Å². The van der Waals surface area contributed by atoms with E-state index in [9.17, 15) is 9.59 Å². The molecule has 5 aliphatic rings. The molecule has 0 unspecified atom stereocenters. The normalized spacial score (nSPS) is 43.8. The maximum absolute atomic E-state index is 12.8. The van der Waals surface area contributed by atoms with Gasteiger partial charge in [-0.2, -0.15) is 0 Å². The molecule has 0 aromatic carbocycles. The SMILES string of the molecule is CC1(C)CCC[C@]2(C)[C@]3(CCC4=CC(=O)OC4)OC=C[C@]12[C@H]1C[C@]3(C)C#CCCC(=O)O1. The number of fused-ring (bicyclic) bond motifs is 3. The molecule has 3 heterocycles. The number of hydrogen-bond acceptors (Lipinski definition) is 5. The van der Waals surface area contributed by atoms with Crippen molar-refractivity contribution in [2.24, 2.45) is 21.7 Å². The van der Waals surface area contributed by atoms with Crippen LogP contribution in [0.15, 0.2) is 24.0 Å². The van der Waals surface area contributed by atoms with Crippen molar-refractivity contribution in [1.29, 1.82) is 0 Å². The smallest absolute Gasteiger partial charge is 0.331 e. The highest BCUT2D eigenvalue weighted by molar-refractivity contribution is 5.85. The van der Waals surface area contributed by atoms with Crippen molar-refractivity contribution in [2.45, 2.75) is 90.8 Å². The van der Waals surface area contributed by atoms with Gasteiger partial charge in [0.05, 0.1) is 18.1 Å². The van der Waals surface area contributed by atoms with Crippen LogP contribution in [-0.4, -0.2) is 30.3 Å². The lowest BCUT2D eigenvalue weighted by molar-refractivity contribution is -0.310. The predicted octanol–water partition coefficient (Wildman–Crippen LogP) is 4.85. The summed E-state index contributed by atoms with van der Waals surface area (Å²) >= 11 is 0. The summed E-state index contributed by atoms with van der Waals surface area (Å²) in [7, 11) is 0. The fourth-order valence-electron chi connectivity index (χ4n) is 8.14. The summed E-state index contributed by atoms with van der Waals surface area (Å²) in [5, 5.41) is 0. The van der Waals surface area contributed by atoms with Crippen molar-refractivity contribution in [3.63, 3.8) is 0 Å². The van der Waals surface area contributed by atoms with Crippen LogP contribution in [0.4, 0.5) is 0 Å². The Hall–Kier alpha value is -2.22. The van der Waals surface area contributed by atoms with E-state index >= 15 is 0 Å². The van der Waals surface area contributed by atoms with Gasteiger partial charge in [-0.3, -0.25) is 4.79 Å². The van der Waals surface area contributed by atoms with Crippen LogP contribution in [0.1, 0.15) is 79.1 Å². The van der Waals surface area contributed by atoms with Crippen molar-refractivity contribution < 1.29 is 23.8 Å². The highest BCUT2D eigenvalue weighted by Gasteiger charge is 2.78. The van der Waals surface area contributed by atoms with Gasteiger partial charge in [-0.05, 0) is 49.7 Å². The molecule has 2 fully saturated rings. The number of esters is 2. The highest BCUT2D eigenvalue weighted by Crippen LogP contribution is 2.76. The van der Waals surface area contributed by atoms with E-state index in [0.29, 0.717) is 25.9 Å². The number of cyclic esters (lactones) is 1. The van der Waals surface area contributed by atoms with Crippen LogP contribution < -0.4 is 0 Å². The van der Waals surface area contributed by atoms with Crippen LogP contribution in [0.2, 0.25) is 0 Å². The first-order valence-corrected chi connectivity index (χ1v) is 12.0. The van der Waals surface area contributed by atoms with Crippen LogP contribution in [0.5, 0.6) is 0 Å². The average Bonchev–Trinajstić information content (AvgIpc) is 3.15. The maximum atomic E-state index is 12.8. The maximum Gasteiger partial charge on any atom is 0.331 e. The lowest BCUT2D eigenvalue weighted by Gasteiger charge is -2.74. The monoisotopic (exact) mass is 438 g/mol. The lowest BCUT2D eigenvalue weighted by atomic mass is 9.32.